The summed E-state index contributed by atoms with van der Waals surface area (Å²) in [6.45, 7) is 5.63. The lowest BCUT2D eigenvalue weighted by atomic mass is 9.84. The molecule has 2 atom stereocenters. The fourth-order valence-corrected chi connectivity index (χ4v) is 7.16. The molecule has 33 heavy (non-hydrogen) atoms. The predicted molar refractivity (Wildman–Crippen MR) is 135 cm³/mol. The van der Waals surface area contributed by atoms with Crippen LogP contribution in [0.5, 0.6) is 0 Å². The van der Waals surface area contributed by atoms with Crippen molar-refractivity contribution in [2.24, 2.45) is 5.92 Å². The van der Waals surface area contributed by atoms with Crippen LogP contribution in [0.1, 0.15) is 84.5 Å². The maximum absolute atomic E-state index is 13.5. The zero-order chi connectivity index (χ0) is 23.5. The molecule has 0 amide bonds. The van der Waals surface area contributed by atoms with Gasteiger partial charge in [-0.3, -0.25) is 0 Å². The van der Waals surface area contributed by atoms with Gasteiger partial charge in [0.1, 0.15) is 0 Å². The molecule has 2 fully saturated rings. The van der Waals surface area contributed by atoms with Crippen LogP contribution in [0.15, 0.2) is 58.5 Å². The van der Waals surface area contributed by atoms with Gasteiger partial charge in [-0.15, -0.1) is 0 Å². The van der Waals surface area contributed by atoms with Gasteiger partial charge in [0.2, 0.25) is 0 Å². The summed E-state index contributed by atoms with van der Waals surface area (Å²) in [6.07, 6.45) is 15.7. The Kier molecular flexibility index (Phi) is 10.7. The first-order chi connectivity index (χ1) is 16.0. The number of allylic oxidation sites excluding steroid dienone is 3. The number of benzene rings is 1. The minimum absolute atomic E-state index is 0.0479. The standard InChI is InChI=1S/C28H42O4S/c1-23(19-21-32-28-18-9-10-20-31-28)12-11-13-24(2)22-27(25-14-5-3-6-15-25)33(29,30)26-16-7-4-8-17-26/h4,7-8,13,16-17,19,25,27-28H,3,5-6,9-12,14-15,18,20-22H2,1-2H3/b23-19+,24-13+. The summed E-state index contributed by atoms with van der Waals surface area (Å²) in [5.74, 6) is 0.257. The van der Waals surface area contributed by atoms with E-state index in [1.54, 1.807) is 12.1 Å². The van der Waals surface area contributed by atoms with E-state index in [1.807, 2.05) is 18.2 Å². The summed E-state index contributed by atoms with van der Waals surface area (Å²) >= 11 is 0. The summed E-state index contributed by atoms with van der Waals surface area (Å²) in [4.78, 5) is 0.467. The zero-order valence-corrected chi connectivity index (χ0v) is 21.3. The van der Waals surface area contributed by atoms with Crippen molar-refractivity contribution in [1.29, 1.82) is 0 Å². The van der Waals surface area contributed by atoms with Gasteiger partial charge in [0.25, 0.3) is 0 Å². The highest BCUT2D eigenvalue weighted by Crippen LogP contribution is 2.35. The second kappa shape index (κ2) is 13.5. The summed E-state index contributed by atoms with van der Waals surface area (Å²) in [5.41, 5.74) is 2.49. The molecule has 0 radical (unpaired) electrons. The van der Waals surface area contributed by atoms with Crippen LogP contribution < -0.4 is 0 Å². The molecule has 1 aromatic rings. The van der Waals surface area contributed by atoms with Crippen LogP contribution in [0.25, 0.3) is 0 Å². The van der Waals surface area contributed by atoms with Crippen molar-refractivity contribution in [1.82, 2.24) is 0 Å². The number of hydrogen-bond donors (Lipinski definition) is 0. The predicted octanol–water partition coefficient (Wildman–Crippen LogP) is 7.02. The van der Waals surface area contributed by atoms with Crippen molar-refractivity contribution >= 4 is 9.84 Å². The van der Waals surface area contributed by atoms with Crippen molar-refractivity contribution in [2.45, 2.75) is 101 Å². The van der Waals surface area contributed by atoms with E-state index in [4.69, 9.17) is 9.47 Å². The molecule has 184 valence electrons. The molecule has 1 aliphatic carbocycles. The van der Waals surface area contributed by atoms with Gasteiger partial charge in [0, 0.05) is 6.61 Å². The van der Waals surface area contributed by atoms with Gasteiger partial charge < -0.3 is 9.47 Å². The van der Waals surface area contributed by atoms with Gasteiger partial charge in [-0.1, -0.05) is 60.8 Å². The van der Waals surface area contributed by atoms with E-state index < -0.39 is 9.84 Å². The Balaban J connectivity index is 1.55. The summed E-state index contributed by atoms with van der Waals surface area (Å²) in [7, 11) is -3.34. The summed E-state index contributed by atoms with van der Waals surface area (Å²) in [5, 5.41) is -0.322. The molecule has 1 aromatic carbocycles. The third-order valence-electron chi connectivity index (χ3n) is 7.05. The SMILES string of the molecule is C/C(=C\COC1CCCCO1)CC/C=C(\C)CC(C1CCCCC1)S(=O)(=O)c1ccccc1. The fraction of sp³-hybridized carbons (Fsp3) is 0.643. The van der Waals surface area contributed by atoms with E-state index in [0.29, 0.717) is 17.9 Å². The van der Waals surface area contributed by atoms with Crippen molar-refractivity contribution < 1.29 is 17.9 Å². The van der Waals surface area contributed by atoms with E-state index in [2.05, 4.69) is 26.0 Å². The van der Waals surface area contributed by atoms with E-state index in [-0.39, 0.29) is 17.5 Å². The number of hydrogen-bond acceptors (Lipinski definition) is 4. The van der Waals surface area contributed by atoms with Crippen molar-refractivity contribution in [3.63, 3.8) is 0 Å². The van der Waals surface area contributed by atoms with Gasteiger partial charge >= 0.3 is 0 Å². The highest BCUT2D eigenvalue weighted by Gasteiger charge is 2.35. The van der Waals surface area contributed by atoms with Crippen LogP contribution in [0.3, 0.4) is 0 Å². The van der Waals surface area contributed by atoms with Gasteiger partial charge in [-0.25, -0.2) is 8.42 Å². The molecule has 3 rings (SSSR count). The molecular weight excluding hydrogens is 432 g/mol. The minimum Gasteiger partial charge on any atom is -0.353 e. The third-order valence-corrected chi connectivity index (χ3v) is 9.33. The van der Waals surface area contributed by atoms with Crippen molar-refractivity contribution in [3.8, 4) is 0 Å². The molecule has 0 aromatic heterocycles. The molecule has 0 N–H and O–H groups in total. The molecule has 1 saturated carbocycles. The van der Waals surface area contributed by atoms with Crippen molar-refractivity contribution in [3.05, 3.63) is 53.6 Å². The minimum atomic E-state index is -3.34. The number of sulfone groups is 1. The maximum atomic E-state index is 13.5. The Morgan fingerprint density at radius 2 is 1.73 bits per heavy atom. The Morgan fingerprint density at radius 1 is 1.00 bits per heavy atom. The first-order valence-corrected chi connectivity index (χ1v) is 14.3. The third kappa shape index (κ3) is 8.38. The smallest absolute Gasteiger partial charge is 0.181 e. The number of rotatable bonds is 11. The highest BCUT2D eigenvalue weighted by atomic mass is 32.2. The lowest BCUT2D eigenvalue weighted by Gasteiger charge is -2.30. The number of ether oxygens (including phenoxy) is 2. The molecule has 0 spiro atoms. The average Bonchev–Trinajstić information content (AvgIpc) is 2.84. The fourth-order valence-electron chi connectivity index (χ4n) is 5.01. The Morgan fingerprint density at radius 3 is 2.42 bits per heavy atom. The van der Waals surface area contributed by atoms with Crippen LogP contribution in [0.4, 0.5) is 0 Å². The molecule has 1 heterocycles. The normalized spacial score (nSPS) is 22.3. The van der Waals surface area contributed by atoms with E-state index in [9.17, 15) is 8.42 Å². The highest BCUT2D eigenvalue weighted by molar-refractivity contribution is 7.92. The molecule has 1 saturated heterocycles. The molecular formula is C28H42O4S. The van der Waals surface area contributed by atoms with Gasteiger partial charge in [0.15, 0.2) is 16.1 Å². The molecule has 5 heteroatoms. The molecule has 2 aliphatic rings. The van der Waals surface area contributed by atoms with Crippen LogP contribution in [0, 0.1) is 5.92 Å². The van der Waals surface area contributed by atoms with Crippen molar-refractivity contribution in [2.75, 3.05) is 13.2 Å². The van der Waals surface area contributed by atoms with Crippen LogP contribution in [0.2, 0.25) is 0 Å². The van der Waals surface area contributed by atoms with Crippen LogP contribution >= 0.6 is 0 Å². The molecule has 4 nitrogen and oxygen atoms in total. The topological polar surface area (TPSA) is 52.6 Å². The summed E-state index contributed by atoms with van der Waals surface area (Å²) in [6, 6.07) is 9.03. The van der Waals surface area contributed by atoms with E-state index in [0.717, 1.165) is 58.0 Å². The molecule has 0 bridgehead atoms. The van der Waals surface area contributed by atoms with E-state index in [1.165, 1.54) is 24.0 Å². The van der Waals surface area contributed by atoms with Gasteiger partial charge in [-0.05, 0) is 83.3 Å². The van der Waals surface area contributed by atoms with Gasteiger partial charge in [-0.2, -0.15) is 0 Å². The maximum Gasteiger partial charge on any atom is 0.181 e. The Bertz CT molecular complexity index is 860. The Labute approximate surface area is 201 Å². The lowest BCUT2D eigenvalue weighted by Crippen LogP contribution is -2.32. The first-order valence-electron chi connectivity index (χ1n) is 12.8. The Hall–Kier alpha value is -1.43. The largest absolute Gasteiger partial charge is 0.353 e. The van der Waals surface area contributed by atoms with Crippen LogP contribution in [-0.2, 0) is 19.3 Å². The monoisotopic (exact) mass is 474 g/mol. The van der Waals surface area contributed by atoms with Crippen LogP contribution in [-0.4, -0.2) is 33.2 Å². The lowest BCUT2D eigenvalue weighted by molar-refractivity contribution is -0.155. The average molecular weight is 475 g/mol. The molecule has 1 aliphatic heterocycles. The second-order valence-electron chi connectivity index (χ2n) is 9.77. The first kappa shape index (κ1) is 26.2. The van der Waals surface area contributed by atoms with E-state index >= 15 is 0 Å². The summed E-state index contributed by atoms with van der Waals surface area (Å²) < 4.78 is 38.5. The second-order valence-corrected chi connectivity index (χ2v) is 11.9. The quantitative estimate of drug-likeness (QED) is 0.324. The van der Waals surface area contributed by atoms with Gasteiger partial charge in [0.05, 0.1) is 16.8 Å². The molecule has 2 unspecified atom stereocenters. The zero-order valence-electron chi connectivity index (χ0n) is 20.5.